The second-order valence-electron chi connectivity index (χ2n) is 8.24. The molecule has 1 heterocycles. The van der Waals surface area contributed by atoms with E-state index in [1.807, 2.05) is 56.3 Å². The summed E-state index contributed by atoms with van der Waals surface area (Å²) in [7, 11) is 1.63. The van der Waals surface area contributed by atoms with E-state index in [-0.39, 0.29) is 18.1 Å². The molecule has 1 aliphatic carbocycles. The fourth-order valence-electron chi connectivity index (χ4n) is 3.94. The van der Waals surface area contributed by atoms with Crippen molar-refractivity contribution in [3.63, 3.8) is 0 Å². The maximum Gasteiger partial charge on any atom is 0.319 e. The van der Waals surface area contributed by atoms with Crippen LogP contribution in [0.15, 0.2) is 42.5 Å². The van der Waals surface area contributed by atoms with Gasteiger partial charge in [0.15, 0.2) is 6.17 Å². The van der Waals surface area contributed by atoms with Gasteiger partial charge in [0.1, 0.15) is 5.75 Å². The number of nitrogens with zero attached hydrogens (tertiary/aromatic N) is 1. The minimum absolute atomic E-state index is 0.0616. The number of carbonyl (C=O) groups excluding carboxylic acids is 1. The monoisotopic (exact) mass is 397 g/mol. The number of halogens is 1. The smallest absolute Gasteiger partial charge is 0.319 e. The Morgan fingerprint density at radius 2 is 1.93 bits per heavy atom. The Bertz CT molecular complexity index is 880. The molecule has 2 atom stereocenters. The third-order valence-electron chi connectivity index (χ3n) is 5.54. The summed E-state index contributed by atoms with van der Waals surface area (Å²) in [6.45, 7) is 4.67. The number of ether oxygens (including phenoxy) is 1. The lowest BCUT2D eigenvalue weighted by atomic mass is 10.00. The van der Waals surface area contributed by atoms with E-state index < -0.39 is 6.17 Å². The first kappa shape index (κ1) is 19.6. The minimum atomic E-state index is -1.10. The van der Waals surface area contributed by atoms with Gasteiger partial charge in [-0.15, -0.1) is 0 Å². The number of hydrogen-bond donors (Lipinski definition) is 2. The van der Waals surface area contributed by atoms with Crippen molar-refractivity contribution in [2.45, 2.75) is 44.9 Å². The van der Waals surface area contributed by atoms with Crippen LogP contribution in [0.25, 0.3) is 0 Å². The van der Waals surface area contributed by atoms with Crippen molar-refractivity contribution < 1.29 is 13.9 Å². The van der Waals surface area contributed by atoms with E-state index in [0.29, 0.717) is 11.6 Å². The molecule has 6 heteroatoms. The minimum Gasteiger partial charge on any atom is -0.497 e. The van der Waals surface area contributed by atoms with Crippen molar-refractivity contribution >= 4 is 17.4 Å². The highest BCUT2D eigenvalue weighted by atomic mass is 19.1. The summed E-state index contributed by atoms with van der Waals surface area (Å²) in [6.07, 6.45) is 1.30. The molecule has 29 heavy (non-hydrogen) atoms. The van der Waals surface area contributed by atoms with Crippen molar-refractivity contribution in [2.75, 3.05) is 23.9 Å². The Morgan fingerprint density at radius 3 is 2.55 bits per heavy atom. The molecule has 1 aliphatic heterocycles. The number of anilines is 2. The third-order valence-corrected chi connectivity index (χ3v) is 5.54. The van der Waals surface area contributed by atoms with E-state index in [2.05, 4.69) is 15.5 Å². The van der Waals surface area contributed by atoms with E-state index >= 15 is 4.39 Å². The lowest BCUT2D eigenvalue weighted by Crippen LogP contribution is -2.34. The number of fused-ring (bicyclic) bond motifs is 1. The number of benzene rings is 2. The van der Waals surface area contributed by atoms with Crippen LogP contribution in [0, 0.1) is 5.92 Å². The maximum atomic E-state index is 15.5. The van der Waals surface area contributed by atoms with Gasteiger partial charge in [-0.3, -0.25) is 0 Å². The van der Waals surface area contributed by atoms with Crippen molar-refractivity contribution in [2.24, 2.45) is 5.92 Å². The van der Waals surface area contributed by atoms with Crippen LogP contribution < -0.4 is 20.3 Å². The topological polar surface area (TPSA) is 53.6 Å². The fraction of sp³-hybridized carbons (Fsp3) is 0.435. The molecule has 5 nitrogen and oxygen atoms in total. The first-order valence-electron chi connectivity index (χ1n) is 10.2. The van der Waals surface area contributed by atoms with E-state index in [0.717, 1.165) is 29.1 Å². The molecule has 2 unspecified atom stereocenters. The van der Waals surface area contributed by atoms with Gasteiger partial charge in [-0.05, 0) is 56.4 Å². The van der Waals surface area contributed by atoms with Crippen LogP contribution in [0.3, 0.4) is 0 Å². The summed E-state index contributed by atoms with van der Waals surface area (Å²) >= 11 is 0. The van der Waals surface area contributed by atoms with Crippen LogP contribution in [0.1, 0.15) is 50.0 Å². The van der Waals surface area contributed by atoms with Gasteiger partial charge in [0.25, 0.3) is 0 Å². The van der Waals surface area contributed by atoms with Gasteiger partial charge in [-0.25, -0.2) is 9.18 Å². The first-order chi connectivity index (χ1) is 14.0. The van der Waals surface area contributed by atoms with Crippen LogP contribution in [-0.4, -0.2) is 25.7 Å². The lowest BCUT2D eigenvalue weighted by molar-refractivity contribution is 0.250. The van der Waals surface area contributed by atoms with Gasteiger partial charge in [0.2, 0.25) is 0 Å². The third kappa shape index (κ3) is 4.16. The second kappa shape index (κ2) is 7.93. The molecule has 1 saturated carbocycles. The summed E-state index contributed by atoms with van der Waals surface area (Å²) in [5.74, 6) is 1.37. The van der Waals surface area contributed by atoms with Gasteiger partial charge >= 0.3 is 6.03 Å². The highest BCUT2D eigenvalue weighted by Crippen LogP contribution is 2.52. The molecule has 0 bridgehead atoms. The standard InChI is InChI=1S/C23H28FN3O2/c1-14(2)25-23(28)26-17-8-6-16(7-9-17)22-21(24)19-11-10-18(29-3)12-20(19)27(22)13-15-4-5-15/h6-12,14-15,21-22H,4-5,13H2,1-3H3,(H2,25,26,28). The number of carbonyl (C=O) groups is 1. The molecule has 4 rings (SSSR count). The Labute approximate surface area is 171 Å². The Kier molecular flexibility index (Phi) is 5.35. The summed E-state index contributed by atoms with van der Waals surface area (Å²) < 4.78 is 20.9. The summed E-state index contributed by atoms with van der Waals surface area (Å²) in [5.41, 5.74) is 3.23. The average Bonchev–Trinajstić information content (AvgIpc) is 3.47. The molecule has 2 aliphatic rings. The number of rotatable bonds is 6. The van der Waals surface area contributed by atoms with Crippen LogP contribution in [0.4, 0.5) is 20.6 Å². The number of urea groups is 1. The van der Waals surface area contributed by atoms with Crippen LogP contribution in [-0.2, 0) is 0 Å². The largest absolute Gasteiger partial charge is 0.497 e. The summed E-state index contributed by atoms with van der Waals surface area (Å²) in [4.78, 5) is 14.1. The highest BCUT2D eigenvalue weighted by Gasteiger charge is 2.42. The zero-order valence-electron chi connectivity index (χ0n) is 17.1. The number of alkyl halides is 1. The van der Waals surface area contributed by atoms with Crippen molar-refractivity contribution in [1.82, 2.24) is 5.32 Å². The summed E-state index contributed by atoms with van der Waals surface area (Å²) in [5, 5.41) is 5.61. The Balaban J connectivity index is 1.58. The average molecular weight is 397 g/mol. The molecule has 2 N–H and O–H groups in total. The molecular formula is C23H28FN3O2. The Morgan fingerprint density at radius 1 is 1.21 bits per heavy atom. The predicted octanol–water partition coefficient (Wildman–Crippen LogP) is 5.21. The molecule has 0 spiro atoms. The molecule has 1 fully saturated rings. The van der Waals surface area contributed by atoms with E-state index in [4.69, 9.17) is 4.74 Å². The molecule has 0 aromatic heterocycles. The van der Waals surface area contributed by atoms with Crippen LogP contribution in [0.5, 0.6) is 5.75 Å². The van der Waals surface area contributed by atoms with Crippen molar-refractivity contribution in [3.05, 3.63) is 53.6 Å². The molecule has 2 aromatic carbocycles. The SMILES string of the molecule is COc1ccc2c(c1)N(CC1CC1)C(c1ccc(NC(=O)NC(C)C)cc1)C2F. The lowest BCUT2D eigenvalue weighted by Gasteiger charge is -2.29. The van der Waals surface area contributed by atoms with Crippen LogP contribution >= 0.6 is 0 Å². The molecule has 2 aromatic rings. The molecule has 0 saturated heterocycles. The molecule has 2 amide bonds. The van der Waals surface area contributed by atoms with Gasteiger partial charge in [-0.2, -0.15) is 0 Å². The summed E-state index contributed by atoms with van der Waals surface area (Å²) in [6, 6.07) is 12.5. The van der Waals surface area contributed by atoms with Gasteiger partial charge < -0.3 is 20.3 Å². The molecule has 154 valence electrons. The molecule has 0 radical (unpaired) electrons. The van der Waals surface area contributed by atoms with Crippen molar-refractivity contribution in [1.29, 1.82) is 0 Å². The zero-order valence-corrected chi connectivity index (χ0v) is 17.1. The number of nitrogens with one attached hydrogen (secondary N) is 2. The van der Waals surface area contributed by atoms with Crippen molar-refractivity contribution in [3.8, 4) is 5.75 Å². The Hall–Kier alpha value is -2.76. The quantitative estimate of drug-likeness (QED) is 0.704. The van der Waals surface area contributed by atoms with Gasteiger partial charge in [0, 0.05) is 35.6 Å². The highest BCUT2D eigenvalue weighted by molar-refractivity contribution is 5.89. The van der Waals surface area contributed by atoms with Crippen LogP contribution in [0.2, 0.25) is 0 Å². The van der Waals surface area contributed by atoms with E-state index in [1.165, 1.54) is 12.8 Å². The predicted molar refractivity (Wildman–Crippen MR) is 113 cm³/mol. The molecular weight excluding hydrogens is 369 g/mol. The fourth-order valence-corrected chi connectivity index (χ4v) is 3.94. The van der Waals surface area contributed by atoms with Gasteiger partial charge in [-0.1, -0.05) is 18.2 Å². The second-order valence-corrected chi connectivity index (χ2v) is 8.24. The van der Waals surface area contributed by atoms with E-state index in [1.54, 1.807) is 7.11 Å². The maximum absolute atomic E-state index is 15.5. The number of amides is 2. The van der Waals surface area contributed by atoms with Gasteiger partial charge in [0.05, 0.1) is 13.2 Å². The normalized spacial score (nSPS) is 20.5. The first-order valence-corrected chi connectivity index (χ1v) is 10.2. The zero-order chi connectivity index (χ0) is 20.5. The number of methoxy groups -OCH3 is 1. The van der Waals surface area contributed by atoms with E-state index in [9.17, 15) is 4.79 Å². The number of hydrogen-bond acceptors (Lipinski definition) is 3.